The quantitative estimate of drug-likeness (QED) is 0.421. The largest absolute Gasteiger partial charge is 0.452 e. The predicted octanol–water partition coefficient (Wildman–Crippen LogP) is 3.32. The topological polar surface area (TPSA) is 102 Å². The zero-order valence-electron chi connectivity index (χ0n) is 15.6. The first kappa shape index (κ1) is 20.6. The Hall–Kier alpha value is -3.13. The van der Waals surface area contributed by atoms with Crippen LogP contribution in [0.15, 0.2) is 42.5 Å². The van der Waals surface area contributed by atoms with Gasteiger partial charge in [-0.05, 0) is 36.6 Å². The Balaban J connectivity index is 1.58. The van der Waals surface area contributed by atoms with Crippen molar-refractivity contribution < 1.29 is 19.2 Å². The van der Waals surface area contributed by atoms with Gasteiger partial charge in [-0.25, -0.2) is 4.79 Å². The molecule has 0 aromatic heterocycles. The second-order valence-electron chi connectivity index (χ2n) is 6.60. The summed E-state index contributed by atoms with van der Waals surface area (Å²) in [6.45, 7) is 1.20. The molecule has 2 aromatic rings. The number of anilines is 1. The van der Waals surface area contributed by atoms with Crippen LogP contribution in [0.1, 0.15) is 28.8 Å². The van der Waals surface area contributed by atoms with E-state index in [0.29, 0.717) is 10.7 Å². The number of carbonyl (C=O) groups excluding carboxylic acids is 2. The SMILES string of the molecule is O=C(COC(=O)c1ccc(N2CCCC2)c([N+](=O)[O-])c1)NCc1ccccc1Cl. The summed E-state index contributed by atoms with van der Waals surface area (Å²) in [4.78, 5) is 37.0. The number of carbonyl (C=O) groups is 2. The van der Waals surface area contributed by atoms with Crippen molar-refractivity contribution in [3.8, 4) is 0 Å². The Morgan fingerprint density at radius 1 is 1.17 bits per heavy atom. The summed E-state index contributed by atoms with van der Waals surface area (Å²) in [6.07, 6.45) is 1.95. The number of nitro groups is 1. The van der Waals surface area contributed by atoms with Crippen LogP contribution in [-0.2, 0) is 16.1 Å². The molecule has 3 rings (SSSR count). The molecular formula is C20H20ClN3O5. The molecule has 0 saturated carbocycles. The van der Waals surface area contributed by atoms with Crippen molar-refractivity contribution in [1.82, 2.24) is 5.32 Å². The monoisotopic (exact) mass is 417 g/mol. The lowest BCUT2D eigenvalue weighted by Crippen LogP contribution is -2.28. The van der Waals surface area contributed by atoms with Crippen LogP contribution in [0.4, 0.5) is 11.4 Å². The molecule has 1 saturated heterocycles. The number of esters is 1. The maximum absolute atomic E-state index is 12.2. The van der Waals surface area contributed by atoms with Crippen molar-refractivity contribution in [2.45, 2.75) is 19.4 Å². The first-order chi connectivity index (χ1) is 14.0. The third kappa shape index (κ3) is 5.23. The minimum Gasteiger partial charge on any atom is -0.452 e. The lowest BCUT2D eigenvalue weighted by Gasteiger charge is -2.17. The molecule has 0 bridgehead atoms. The van der Waals surface area contributed by atoms with Crippen LogP contribution >= 0.6 is 11.6 Å². The van der Waals surface area contributed by atoms with Gasteiger partial charge in [0, 0.05) is 30.7 Å². The third-order valence-corrected chi connectivity index (χ3v) is 4.99. The van der Waals surface area contributed by atoms with Crippen molar-refractivity contribution in [3.63, 3.8) is 0 Å². The average Bonchev–Trinajstić information content (AvgIpc) is 3.25. The molecule has 29 heavy (non-hydrogen) atoms. The molecule has 8 nitrogen and oxygen atoms in total. The van der Waals surface area contributed by atoms with Crippen molar-refractivity contribution in [3.05, 3.63) is 68.7 Å². The van der Waals surface area contributed by atoms with E-state index in [1.807, 2.05) is 4.90 Å². The summed E-state index contributed by atoms with van der Waals surface area (Å²) in [5.41, 5.74) is 1.10. The fourth-order valence-corrected chi connectivity index (χ4v) is 3.33. The Labute approximate surface area is 172 Å². The van der Waals surface area contributed by atoms with Crippen LogP contribution in [0.25, 0.3) is 0 Å². The van der Waals surface area contributed by atoms with Gasteiger partial charge in [-0.2, -0.15) is 0 Å². The van der Waals surface area contributed by atoms with Gasteiger partial charge in [0.05, 0.1) is 10.5 Å². The first-order valence-electron chi connectivity index (χ1n) is 9.16. The number of halogens is 1. The zero-order chi connectivity index (χ0) is 20.8. The Bertz CT molecular complexity index is 928. The van der Waals surface area contributed by atoms with E-state index in [-0.39, 0.29) is 17.8 Å². The molecule has 2 aromatic carbocycles. The van der Waals surface area contributed by atoms with Crippen molar-refractivity contribution >= 4 is 34.9 Å². The number of nitrogens with zero attached hydrogens (tertiary/aromatic N) is 2. The zero-order valence-corrected chi connectivity index (χ0v) is 16.4. The number of hydrogen-bond donors (Lipinski definition) is 1. The van der Waals surface area contributed by atoms with Gasteiger partial charge in [0.25, 0.3) is 11.6 Å². The molecule has 1 N–H and O–H groups in total. The summed E-state index contributed by atoms with van der Waals surface area (Å²) >= 11 is 6.02. The van der Waals surface area contributed by atoms with Gasteiger partial charge in [0.15, 0.2) is 6.61 Å². The Morgan fingerprint density at radius 2 is 1.90 bits per heavy atom. The molecule has 0 aliphatic carbocycles. The van der Waals surface area contributed by atoms with E-state index in [1.54, 1.807) is 30.3 Å². The summed E-state index contributed by atoms with van der Waals surface area (Å²) in [6, 6.07) is 11.3. The molecule has 0 atom stereocenters. The van der Waals surface area contributed by atoms with Gasteiger partial charge in [-0.1, -0.05) is 29.8 Å². The standard InChI is InChI=1S/C20H20ClN3O5/c21-16-6-2-1-5-15(16)12-22-19(25)13-29-20(26)14-7-8-17(18(11-14)24(27)28)23-9-3-4-10-23/h1-2,5-8,11H,3-4,9-10,12-13H2,(H,22,25). The van der Waals surface area contributed by atoms with E-state index in [9.17, 15) is 19.7 Å². The maximum atomic E-state index is 12.2. The Morgan fingerprint density at radius 3 is 2.59 bits per heavy atom. The Kier molecular flexibility index (Phi) is 6.66. The number of nitro benzene ring substituents is 1. The number of ether oxygens (including phenoxy) is 1. The summed E-state index contributed by atoms with van der Waals surface area (Å²) in [5, 5.41) is 14.5. The summed E-state index contributed by atoms with van der Waals surface area (Å²) in [5.74, 6) is -1.30. The smallest absolute Gasteiger partial charge is 0.338 e. The average molecular weight is 418 g/mol. The first-order valence-corrected chi connectivity index (χ1v) is 9.54. The fourth-order valence-electron chi connectivity index (χ4n) is 3.12. The molecule has 0 radical (unpaired) electrons. The van der Waals surface area contributed by atoms with Crippen molar-refractivity contribution in [1.29, 1.82) is 0 Å². The van der Waals surface area contributed by atoms with Gasteiger partial charge in [-0.15, -0.1) is 0 Å². The molecule has 1 heterocycles. The lowest BCUT2D eigenvalue weighted by molar-refractivity contribution is -0.384. The van der Waals surface area contributed by atoms with Crippen LogP contribution < -0.4 is 10.2 Å². The molecule has 1 aliphatic heterocycles. The van der Waals surface area contributed by atoms with Crippen molar-refractivity contribution in [2.24, 2.45) is 0 Å². The number of hydrogen-bond acceptors (Lipinski definition) is 6. The molecule has 1 amide bonds. The molecule has 152 valence electrons. The van der Waals surface area contributed by atoms with E-state index >= 15 is 0 Å². The van der Waals surface area contributed by atoms with E-state index in [2.05, 4.69) is 5.32 Å². The lowest BCUT2D eigenvalue weighted by atomic mass is 10.1. The van der Waals surface area contributed by atoms with Crippen LogP contribution in [0.3, 0.4) is 0 Å². The maximum Gasteiger partial charge on any atom is 0.338 e. The second kappa shape index (κ2) is 9.38. The predicted molar refractivity (Wildman–Crippen MR) is 108 cm³/mol. The van der Waals surface area contributed by atoms with E-state index in [1.165, 1.54) is 12.1 Å². The fraction of sp³-hybridized carbons (Fsp3) is 0.300. The number of amides is 1. The molecular weight excluding hydrogens is 398 g/mol. The van der Waals surface area contributed by atoms with Crippen molar-refractivity contribution in [2.75, 3.05) is 24.6 Å². The number of nitrogens with one attached hydrogen (secondary N) is 1. The highest BCUT2D eigenvalue weighted by Crippen LogP contribution is 2.31. The van der Waals surface area contributed by atoms with Crippen LogP contribution in [0.5, 0.6) is 0 Å². The molecule has 1 fully saturated rings. The highest BCUT2D eigenvalue weighted by molar-refractivity contribution is 6.31. The highest BCUT2D eigenvalue weighted by Gasteiger charge is 2.24. The molecule has 0 spiro atoms. The van der Waals surface area contributed by atoms with Gasteiger partial charge >= 0.3 is 5.97 Å². The molecule has 0 unspecified atom stereocenters. The minimum atomic E-state index is -0.797. The number of benzene rings is 2. The van der Waals surface area contributed by atoms with Crippen LogP contribution in [0, 0.1) is 10.1 Å². The summed E-state index contributed by atoms with van der Waals surface area (Å²) in [7, 11) is 0. The van der Waals surface area contributed by atoms with Crippen LogP contribution in [0.2, 0.25) is 5.02 Å². The van der Waals surface area contributed by atoms with Gasteiger partial charge in [0.2, 0.25) is 0 Å². The van der Waals surface area contributed by atoms with E-state index in [4.69, 9.17) is 16.3 Å². The number of rotatable bonds is 7. The van der Waals surface area contributed by atoms with E-state index < -0.39 is 23.4 Å². The van der Waals surface area contributed by atoms with Gasteiger partial charge in [0.1, 0.15) is 5.69 Å². The molecule has 9 heteroatoms. The third-order valence-electron chi connectivity index (χ3n) is 4.62. The van der Waals surface area contributed by atoms with Gasteiger partial charge < -0.3 is 15.0 Å². The second-order valence-corrected chi connectivity index (χ2v) is 7.01. The summed E-state index contributed by atoms with van der Waals surface area (Å²) < 4.78 is 4.99. The molecule has 1 aliphatic rings. The normalized spacial score (nSPS) is 13.2. The van der Waals surface area contributed by atoms with E-state index in [0.717, 1.165) is 31.5 Å². The van der Waals surface area contributed by atoms with Crippen LogP contribution in [-0.4, -0.2) is 36.5 Å². The minimum absolute atomic E-state index is 0.0264. The highest BCUT2D eigenvalue weighted by atomic mass is 35.5. The van der Waals surface area contributed by atoms with Gasteiger partial charge in [-0.3, -0.25) is 14.9 Å².